The predicted octanol–water partition coefficient (Wildman–Crippen LogP) is 3.94. The van der Waals surface area contributed by atoms with Crippen LogP contribution in [0.15, 0.2) is 16.1 Å². The summed E-state index contributed by atoms with van der Waals surface area (Å²) in [6.45, 7) is 11.9. The van der Waals surface area contributed by atoms with Crippen LogP contribution in [0.25, 0.3) is 0 Å². The minimum Gasteiger partial charge on any atom is -0.451 e. The van der Waals surface area contributed by atoms with E-state index in [0.29, 0.717) is 23.8 Å². The molecular weight excluding hydrogens is 336 g/mol. The predicted molar refractivity (Wildman–Crippen MR) is 105 cm³/mol. The van der Waals surface area contributed by atoms with Gasteiger partial charge in [-0.05, 0) is 37.9 Å². The van der Waals surface area contributed by atoms with Gasteiger partial charge in [-0.2, -0.15) is 0 Å². The summed E-state index contributed by atoms with van der Waals surface area (Å²) in [6, 6.07) is 0. The van der Waals surface area contributed by atoms with E-state index in [-0.39, 0.29) is 23.7 Å². The Hall–Kier alpha value is -1.30. The van der Waals surface area contributed by atoms with Crippen LogP contribution in [0.4, 0.5) is 0 Å². The van der Waals surface area contributed by atoms with E-state index in [0.717, 1.165) is 18.4 Å². The van der Waals surface area contributed by atoms with Gasteiger partial charge in [0.05, 0.1) is 0 Å². The fraction of sp³-hybridized carbons (Fsp3) is 0.737. The minimum atomic E-state index is -0.797. The minimum absolute atomic E-state index is 0.0576. The van der Waals surface area contributed by atoms with Gasteiger partial charge >= 0.3 is 5.97 Å². The third-order valence-electron chi connectivity index (χ3n) is 4.65. The molecule has 1 heterocycles. The second-order valence-electron chi connectivity index (χ2n) is 7.21. The molecule has 142 valence electrons. The number of nitrogens with one attached hydrogen (secondary N) is 1. The van der Waals surface area contributed by atoms with Gasteiger partial charge in [-0.1, -0.05) is 41.0 Å². The van der Waals surface area contributed by atoms with Crippen molar-refractivity contribution in [2.45, 2.75) is 66.3 Å². The third-order valence-corrected chi connectivity index (χ3v) is 5.01. The van der Waals surface area contributed by atoms with Crippen molar-refractivity contribution in [2.24, 2.45) is 16.8 Å². The number of rotatable bonds is 9. The lowest BCUT2D eigenvalue weighted by Crippen LogP contribution is -2.41. The molecule has 0 saturated heterocycles. The molecule has 1 amide bonds. The quantitative estimate of drug-likeness (QED) is 0.380. The van der Waals surface area contributed by atoms with Crippen LogP contribution in [0, 0.1) is 11.8 Å². The average Bonchev–Trinajstić information content (AvgIpc) is 2.84. The summed E-state index contributed by atoms with van der Waals surface area (Å²) in [5, 5.41) is 2.92. The van der Waals surface area contributed by atoms with Crippen molar-refractivity contribution >= 4 is 29.5 Å². The normalized spacial score (nSPS) is 21.3. The largest absolute Gasteiger partial charge is 0.451 e. The molecule has 0 aromatic rings. The van der Waals surface area contributed by atoms with E-state index in [1.807, 2.05) is 40.9 Å². The van der Waals surface area contributed by atoms with E-state index in [4.69, 9.17) is 9.73 Å². The number of unbranched alkanes of at least 4 members (excludes halogenated alkanes) is 1. The second kappa shape index (κ2) is 9.41. The highest BCUT2D eigenvalue weighted by molar-refractivity contribution is 7.98. The van der Waals surface area contributed by atoms with Gasteiger partial charge in [0.2, 0.25) is 0 Å². The molecule has 0 aliphatic carbocycles. The number of hydrogen-bond acceptors (Lipinski definition) is 5. The first kappa shape index (κ1) is 21.7. The van der Waals surface area contributed by atoms with Crippen LogP contribution in [-0.4, -0.2) is 35.4 Å². The van der Waals surface area contributed by atoms with Crippen molar-refractivity contribution in [2.75, 3.05) is 12.2 Å². The Morgan fingerprint density at radius 1 is 1.32 bits per heavy atom. The van der Waals surface area contributed by atoms with Crippen LogP contribution in [0.2, 0.25) is 0 Å². The first-order valence-corrected chi connectivity index (χ1v) is 10.4. The zero-order valence-electron chi connectivity index (χ0n) is 16.6. The summed E-state index contributed by atoms with van der Waals surface area (Å²) in [4.78, 5) is 29.8. The zero-order chi connectivity index (χ0) is 19.2. The summed E-state index contributed by atoms with van der Waals surface area (Å²) in [5.74, 6) is 0.568. The van der Waals surface area contributed by atoms with Crippen molar-refractivity contribution in [1.29, 1.82) is 0 Å². The van der Waals surface area contributed by atoms with E-state index >= 15 is 0 Å². The lowest BCUT2D eigenvalue weighted by Gasteiger charge is -2.21. The molecule has 0 aromatic heterocycles. The number of carbonyl (C=O) groups excluding carboxylic acids is 2. The van der Waals surface area contributed by atoms with Crippen LogP contribution in [0.1, 0.15) is 60.8 Å². The van der Waals surface area contributed by atoms with Gasteiger partial charge in [0.1, 0.15) is 17.3 Å². The molecule has 1 aliphatic rings. The number of nitrogens with zero attached hydrogens (tertiary/aromatic N) is 1. The Morgan fingerprint density at radius 3 is 2.40 bits per heavy atom. The van der Waals surface area contributed by atoms with Gasteiger partial charge in [-0.15, -0.1) is 11.8 Å². The maximum atomic E-state index is 12.6. The first-order valence-electron chi connectivity index (χ1n) is 8.99. The maximum Gasteiger partial charge on any atom is 0.335 e. The summed E-state index contributed by atoms with van der Waals surface area (Å²) >= 11 is 1.46. The Kier molecular flexibility index (Phi) is 8.19. The smallest absolute Gasteiger partial charge is 0.335 e. The van der Waals surface area contributed by atoms with E-state index in [9.17, 15) is 9.59 Å². The highest BCUT2D eigenvalue weighted by Crippen LogP contribution is 2.30. The van der Waals surface area contributed by atoms with Gasteiger partial charge < -0.3 is 10.1 Å². The van der Waals surface area contributed by atoms with Gasteiger partial charge in [0.15, 0.2) is 0 Å². The number of esters is 1. The fourth-order valence-corrected chi connectivity index (χ4v) is 2.95. The highest BCUT2D eigenvalue weighted by atomic mass is 32.2. The number of ether oxygens (including phenoxy) is 1. The standard InChI is InChI=1S/C19H32N2O3S/c1-8-9-10-14(17(22)24-11-25-7)15(12(2)3)16-20-18(23)19(6,21-16)13(4)5/h12-13H,8-11H2,1-7H3,(H,20,21,23)/b15-14-. The van der Waals surface area contributed by atoms with Gasteiger partial charge in [0.25, 0.3) is 5.91 Å². The topological polar surface area (TPSA) is 67.8 Å². The van der Waals surface area contributed by atoms with Gasteiger partial charge in [-0.25, -0.2) is 4.79 Å². The Balaban J connectivity index is 3.38. The molecule has 25 heavy (non-hydrogen) atoms. The molecule has 1 unspecified atom stereocenters. The van der Waals surface area contributed by atoms with Crippen LogP contribution in [0.5, 0.6) is 0 Å². The molecule has 0 saturated carbocycles. The Morgan fingerprint density at radius 2 is 1.96 bits per heavy atom. The van der Waals surface area contributed by atoms with E-state index < -0.39 is 5.54 Å². The van der Waals surface area contributed by atoms with E-state index in [2.05, 4.69) is 12.2 Å². The third kappa shape index (κ3) is 5.09. The fourth-order valence-electron chi connectivity index (χ4n) is 2.73. The number of aliphatic imine (C=N–C) groups is 1. The highest BCUT2D eigenvalue weighted by Gasteiger charge is 2.43. The summed E-state index contributed by atoms with van der Waals surface area (Å²) in [7, 11) is 0. The first-order chi connectivity index (χ1) is 11.7. The van der Waals surface area contributed by atoms with Crippen LogP contribution < -0.4 is 5.32 Å². The number of thioether (sulfide) groups is 1. The molecule has 1 atom stereocenters. The van der Waals surface area contributed by atoms with Crippen molar-refractivity contribution in [1.82, 2.24) is 5.32 Å². The summed E-state index contributed by atoms with van der Waals surface area (Å²) in [5.41, 5.74) is 0.643. The molecule has 0 fully saturated rings. The van der Waals surface area contributed by atoms with Gasteiger partial charge in [0, 0.05) is 11.1 Å². The van der Waals surface area contributed by atoms with Crippen LogP contribution >= 0.6 is 11.8 Å². The number of hydrogen-bond donors (Lipinski definition) is 1. The number of carbonyl (C=O) groups is 2. The molecule has 5 nitrogen and oxygen atoms in total. The van der Waals surface area contributed by atoms with Crippen LogP contribution in [0.3, 0.4) is 0 Å². The lowest BCUT2D eigenvalue weighted by atomic mass is 9.89. The summed E-state index contributed by atoms with van der Waals surface area (Å²) < 4.78 is 5.37. The Labute approximate surface area is 156 Å². The number of amidine groups is 1. The lowest BCUT2D eigenvalue weighted by molar-refractivity contribution is -0.137. The number of amides is 1. The van der Waals surface area contributed by atoms with Crippen LogP contribution in [-0.2, 0) is 14.3 Å². The molecule has 1 aliphatic heterocycles. The molecule has 0 bridgehead atoms. The molecule has 0 spiro atoms. The average molecular weight is 369 g/mol. The molecule has 0 radical (unpaired) electrons. The Bertz CT molecular complexity index is 567. The monoisotopic (exact) mass is 368 g/mol. The van der Waals surface area contributed by atoms with Gasteiger partial charge in [-0.3, -0.25) is 9.79 Å². The molecule has 1 rings (SSSR count). The molecule has 0 aromatic carbocycles. The van der Waals surface area contributed by atoms with Crippen molar-refractivity contribution < 1.29 is 14.3 Å². The van der Waals surface area contributed by atoms with E-state index in [1.165, 1.54) is 11.8 Å². The van der Waals surface area contributed by atoms with Crippen molar-refractivity contribution in [3.05, 3.63) is 11.1 Å². The van der Waals surface area contributed by atoms with E-state index in [1.54, 1.807) is 0 Å². The van der Waals surface area contributed by atoms with Crippen molar-refractivity contribution in [3.8, 4) is 0 Å². The second-order valence-corrected chi connectivity index (χ2v) is 8.02. The molecular formula is C19H32N2O3S. The molecule has 6 heteroatoms. The maximum absolute atomic E-state index is 12.6. The molecule has 1 N–H and O–H groups in total. The summed E-state index contributed by atoms with van der Waals surface area (Å²) in [6.07, 6.45) is 4.39. The zero-order valence-corrected chi connectivity index (χ0v) is 17.4. The van der Waals surface area contributed by atoms with Crippen molar-refractivity contribution in [3.63, 3.8) is 0 Å². The SMILES string of the molecule is CCCC/C(C(=O)OCSC)=C(/C1=NC(C)(C(C)C)C(=O)N1)C(C)C.